The van der Waals surface area contributed by atoms with Gasteiger partial charge in [-0.3, -0.25) is 0 Å². The van der Waals surface area contributed by atoms with Crippen molar-refractivity contribution in [3.63, 3.8) is 0 Å². The lowest BCUT2D eigenvalue weighted by Crippen LogP contribution is -1.96. The summed E-state index contributed by atoms with van der Waals surface area (Å²) in [6.45, 7) is 0. The summed E-state index contributed by atoms with van der Waals surface area (Å²) >= 11 is 0. The van der Waals surface area contributed by atoms with Crippen molar-refractivity contribution in [3.8, 4) is 22.4 Å². The molecular formula is C27H17N3. The fourth-order valence-corrected chi connectivity index (χ4v) is 4.45. The summed E-state index contributed by atoms with van der Waals surface area (Å²) < 4.78 is 0. The van der Waals surface area contributed by atoms with E-state index in [1.165, 1.54) is 32.3 Å². The summed E-state index contributed by atoms with van der Waals surface area (Å²) in [6.07, 6.45) is 1.81. The van der Waals surface area contributed by atoms with E-state index in [1.54, 1.807) is 6.20 Å². The molecule has 1 aromatic heterocycles. The molecule has 0 spiro atoms. The van der Waals surface area contributed by atoms with E-state index in [9.17, 15) is 0 Å². The molecule has 0 fully saturated rings. The molecule has 140 valence electrons. The van der Waals surface area contributed by atoms with Gasteiger partial charge >= 0.3 is 0 Å². The average Bonchev–Trinajstić information content (AvgIpc) is 2.84. The van der Waals surface area contributed by atoms with Crippen molar-refractivity contribution in [2.75, 3.05) is 0 Å². The second-order valence-electron chi connectivity index (χ2n) is 7.38. The maximum Gasteiger partial charge on any atom is 0.105 e. The van der Waals surface area contributed by atoms with E-state index in [0.717, 1.165) is 22.4 Å². The second kappa shape index (κ2) is 6.75. The molecule has 5 aromatic carbocycles. The minimum absolute atomic E-state index is 0.849. The van der Waals surface area contributed by atoms with Gasteiger partial charge < -0.3 is 0 Å². The molecule has 0 saturated carbocycles. The molecule has 0 atom stereocenters. The molecule has 0 unspecified atom stereocenters. The molecule has 0 N–H and O–H groups in total. The fourth-order valence-electron chi connectivity index (χ4n) is 4.45. The van der Waals surface area contributed by atoms with Gasteiger partial charge in [0.25, 0.3) is 0 Å². The number of nitrogens with zero attached hydrogens (tertiary/aromatic N) is 3. The van der Waals surface area contributed by atoms with Crippen molar-refractivity contribution < 1.29 is 0 Å². The van der Waals surface area contributed by atoms with Gasteiger partial charge in [-0.2, -0.15) is 0 Å². The van der Waals surface area contributed by atoms with E-state index in [2.05, 4.69) is 94.3 Å². The first kappa shape index (κ1) is 16.8. The lowest BCUT2D eigenvalue weighted by molar-refractivity contribution is 0.873. The Morgan fingerprint density at radius 3 is 1.73 bits per heavy atom. The van der Waals surface area contributed by atoms with Gasteiger partial charge in [0.15, 0.2) is 0 Å². The standard InChI is InChI=1S/C27H17N3/c1-2-9-18(10-3-1)25-17-28-30-29-27(25)24-16-8-15-23-21-12-5-4-11-19(21)20-13-6-7-14-22(20)26(23)24/h1-17H. The van der Waals surface area contributed by atoms with Crippen LogP contribution in [0.4, 0.5) is 0 Å². The molecule has 30 heavy (non-hydrogen) atoms. The minimum atomic E-state index is 0.849. The van der Waals surface area contributed by atoms with Crippen molar-refractivity contribution in [2.45, 2.75) is 0 Å². The van der Waals surface area contributed by atoms with Gasteiger partial charge in [-0.25, -0.2) is 0 Å². The highest BCUT2D eigenvalue weighted by Gasteiger charge is 2.16. The van der Waals surface area contributed by atoms with Crippen LogP contribution in [-0.4, -0.2) is 15.4 Å². The van der Waals surface area contributed by atoms with E-state index in [4.69, 9.17) is 0 Å². The maximum absolute atomic E-state index is 4.50. The summed E-state index contributed by atoms with van der Waals surface area (Å²) in [4.78, 5) is 0. The van der Waals surface area contributed by atoms with E-state index in [0.29, 0.717) is 0 Å². The quantitative estimate of drug-likeness (QED) is 0.314. The molecule has 0 amide bonds. The Kier molecular flexibility index (Phi) is 3.78. The molecule has 0 aliphatic rings. The van der Waals surface area contributed by atoms with E-state index in [1.807, 2.05) is 18.2 Å². The zero-order chi connectivity index (χ0) is 19.9. The molecule has 0 radical (unpaired) electrons. The minimum Gasteiger partial charge on any atom is -0.138 e. The van der Waals surface area contributed by atoms with Crippen LogP contribution in [0.5, 0.6) is 0 Å². The van der Waals surface area contributed by atoms with E-state index >= 15 is 0 Å². The number of benzene rings is 5. The highest BCUT2D eigenvalue weighted by atomic mass is 15.3. The molecule has 1 heterocycles. The summed E-state index contributed by atoms with van der Waals surface area (Å²) in [5.41, 5.74) is 3.98. The van der Waals surface area contributed by atoms with Crippen molar-refractivity contribution in [1.82, 2.24) is 15.4 Å². The van der Waals surface area contributed by atoms with Crippen LogP contribution in [0.1, 0.15) is 0 Å². The summed E-state index contributed by atoms with van der Waals surface area (Å²) in [6, 6.07) is 33.9. The molecule has 0 aliphatic heterocycles. The number of hydrogen-bond acceptors (Lipinski definition) is 3. The normalized spacial score (nSPS) is 11.3. The average molecular weight is 383 g/mol. The van der Waals surface area contributed by atoms with Crippen LogP contribution >= 0.6 is 0 Å². The smallest absolute Gasteiger partial charge is 0.105 e. The highest BCUT2D eigenvalue weighted by Crippen LogP contribution is 2.41. The van der Waals surface area contributed by atoms with Crippen molar-refractivity contribution in [3.05, 3.63) is 103 Å². The summed E-state index contributed by atoms with van der Waals surface area (Å²) in [5, 5.41) is 20.0. The maximum atomic E-state index is 4.50. The Balaban J connectivity index is 1.80. The third-order valence-electron chi connectivity index (χ3n) is 5.75. The van der Waals surface area contributed by atoms with Crippen molar-refractivity contribution in [2.24, 2.45) is 0 Å². The first-order valence-corrected chi connectivity index (χ1v) is 9.98. The van der Waals surface area contributed by atoms with Crippen LogP contribution in [0.2, 0.25) is 0 Å². The first-order chi connectivity index (χ1) is 14.9. The predicted octanol–water partition coefficient (Wildman–Crippen LogP) is 6.67. The number of rotatable bonds is 2. The van der Waals surface area contributed by atoms with Crippen LogP contribution in [0.15, 0.2) is 103 Å². The lowest BCUT2D eigenvalue weighted by atomic mass is 9.89. The first-order valence-electron chi connectivity index (χ1n) is 9.98. The Morgan fingerprint density at radius 2 is 1.03 bits per heavy atom. The zero-order valence-corrected chi connectivity index (χ0v) is 16.2. The second-order valence-corrected chi connectivity index (χ2v) is 7.38. The third-order valence-corrected chi connectivity index (χ3v) is 5.75. The molecule has 3 heteroatoms. The summed E-state index contributed by atoms with van der Waals surface area (Å²) in [7, 11) is 0. The SMILES string of the molecule is c1ccc(-c2cnnnc2-c2cccc3c4ccccc4c4ccccc4c23)cc1. The molecular weight excluding hydrogens is 366 g/mol. The Hall–Kier alpha value is -4.11. The summed E-state index contributed by atoms with van der Waals surface area (Å²) in [5.74, 6) is 0. The van der Waals surface area contributed by atoms with E-state index in [-0.39, 0.29) is 0 Å². The molecule has 0 saturated heterocycles. The monoisotopic (exact) mass is 383 g/mol. The van der Waals surface area contributed by atoms with Crippen LogP contribution in [0.25, 0.3) is 54.7 Å². The van der Waals surface area contributed by atoms with Gasteiger partial charge in [0.1, 0.15) is 5.69 Å². The Morgan fingerprint density at radius 1 is 0.467 bits per heavy atom. The molecule has 0 aliphatic carbocycles. The van der Waals surface area contributed by atoms with Crippen LogP contribution < -0.4 is 0 Å². The predicted molar refractivity (Wildman–Crippen MR) is 123 cm³/mol. The number of aromatic nitrogens is 3. The topological polar surface area (TPSA) is 38.7 Å². The fraction of sp³-hybridized carbons (Fsp3) is 0. The van der Waals surface area contributed by atoms with Crippen molar-refractivity contribution in [1.29, 1.82) is 0 Å². The molecule has 3 nitrogen and oxygen atoms in total. The lowest BCUT2D eigenvalue weighted by Gasteiger charge is -2.15. The van der Waals surface area contributed by atoms with Crippen LogP contribution in [0, 0.1) is 0 Å². The Labute approximate surface area is 173 Å². The largest absolute Gasteiger partial charge is 0.138 e. The van der Waals surface area contributed by atoms with Crippen LogP contribution in [0.3, 0.4) is 0 Å². The number of hydrogen-bond donors (Lipinski definition) is 0. The third kappa shape index (κ3) is 2.49. The van der Waals surface area contributed by atoms with Gasteiger partial charge in [-0.05, 0) is 43.1 Å². The molecule has 6 aromatic rings. The molecule has 6 rings (SSSR count). The van der Waals surface area contributed by atoms with Gasteiger partial charge in [0.05, 0.1) is 6.20 Å². The van der Waals surface area contributed by atoms with Crippen LogP contribution in [-0.2, 0) is 0 Å². The zero-order valence-electron chi connectivity index (χ0n) is 16.2. The van der Waals surface area contributed by atoms with E-state index < -0.39 is 0 Å². The highest BCUT2D eigenvalue weighted by molar-refractivity contribution is 6.28. The Bertz CT molecular complexity index is 1490. The van der Waals surface area contributed by atoms with Gasteiger partial charge in [0, 0.05) is 11.1 Å². The number of fused-ring (bicyclic) bond motifs is 6. The van der Waals surface area contributed by atoms with Crippen molar-refractivity contribution >= 4 is 32.3 Å². The van der Waals surface area contributed by atoms with Gasteiger partial charge in [-0.1, -0.05) is 97.1 Å². The molecule has 0 bridgehead atoms. The van der Waals surface area contributed by atoms with Gasteiger partial charge in [-0.15, -0.1) is 10.2 Å². The van der Waals surface area contributed by atoms with Gasteiger partial charge in [0.2, 0.25) is 0 Å².